The number of benzene rings is 2. The van der Waals surface area contributed by atoms with Crippen molar-refractivity contribution in [3.05, 3.63) is 65.7 Å². The van der Waals surface area contributed by atoms with Gasteiger partial charge in [-0.15, -0.1) is 0 Å². The van der Waals surface area contributed by atoms with E-state index in [-0.39, 0.29) is 11.1 Å². The fraction of sp³-hybridized carbons (Fsp3) is 0.676. The SMILES string of the molecule is COc1ccc(CO[C@H]2[C@@H](OCC[Si](C)(C)C)[C@@H](CO[Si](C)(C)C(C)(C)C)O[C@H](OCC[Si](C)(C)C)[C@@H]2OCc2ccccc2)cc1. The first-order valence-corrected chi connectivity index (χ1v) is 27.6. The molecule has 1 saturated heterocycles. The first-order chi connectivity index (χ1) is 21.9. The van der Waals surface area contributed by atoms with Gasteiger partial charge in [0, 0.05) is 29.4 Å². The maximum Gasteiger partial charge on any atom is 0.192 e. The van der Waals surface area contributed by atoms with E-state index in [2.05, 4.69) is 85.3 Å². The van der Waals surface area contributed by atoms with Gasteiger partial charge in [-0.05, 0) is 53.5 Å². The normalized spacial score (nSPS) is 22.8. The Morgan fingerprint density at radius 3 is 1.70 bits per heavy atom. The van der Waals surface area contributed by atoms with Crippen LogP contribution in [0, 0.1) is 0 Å². The second-order valence-corrected chi connectivity index (χ2v) is 32.9. The minimum atomic E-state index is -2.08. The smallest absolute Gasteiger partial charge is 0.192 e. The summed E-state index contributed by atoms with van der Waals surface area (Å²) in [6.45, 7) is 28.0. The van der Waals surface area contributed by atoms with E-state index in [1.165, 1.54) is 0 Å². The summed E-state index contributed by atoms with van der Waals surface area (Å²) in [7, 11) is -3.11. The van der Waals surface area contributed by atoms with Crippen molar-refractivity contribution >= 4 is 24.5 Å². The zero-order chi connectivity index (χ0) is 34.9. The average Bonchev–Trinajstić information content (AvgIpc) is 2.98. The van der Waals surface area contributed by atoms with Crippen molar-refractivity contribution in [2.24, 2.45) is 0 Å². The molecular weight excluding hydrogens is 641 g/mol. The standard InChI is InChI=1S/C37H64O7Si3/c1-37(2,3)47(11,12)43-28-32-33(39-22-24-45(5,6)7)34(41-27-30-18-20-31(38-4)21-19-30)35(42-26-29-16-14-13-15-17-29)36(44-32)40-23-25-46(8,9)10/h13-21,32-36H,22-28H2,1-12H3/t32-,33+,34+,35-,36+/m1/s1. The van der Waals surface area contributed by atoms with Crippen LogP contribution in [0.1, 0.15) is 31.9 Å². The summed E-state index contributed by atoms with van der Waals surface area (Å²) in [5.41, 5.74) is 2.13. The first kappa shape index (κ1) is 40.1. The van der Waals surface area contributed by atoms with Gasteiger partial charge in [0.15, 0.2) is 14.6 Å². The summed E-state index contributed by atoms with van der Waals surface area (Å²) in [6, 6.07) is 20.3. The number of methoxy groups -OCH3 is 1. The maximum atomic E-state index is 6.87. The minimum Gasteiger partial charge on any atom is -0.497 e. The quantitative estimate of drug-likeness (QED) is 0.144. The highest BCUT2D eigenvalue weighted by Crippen LogP contribution is 2.38. The van der Waals surface area contributed by atoms with E-state index >= 15 is 0 Å². The predicted molar refractivity (Wildman–Crippen MR) is 200 cm³/mol. The number of rotatable bonds is 18. The van der Waals surface area contributed by atoms with Gasteiger partial charge in [0.2, 0.25) is 0 Å². The Kier molecular flexibility index (Phi) is 15.0. The van der Waals surface area contributed by atoms with E-state index in [0.29, 0.717) is 33.0 Å². The summed E-state index contributed by atoms with van der Waals surface area (Å²) >= 11 is 0. The molecule has 1 fully saturated rings. The van der Waals surface area contributed by atoms with Crippen LogP contribution in [-0.4, -0.2) is 82.1 Å². The molecule has 0 radical (unpaired) electrons. The third-order valence-corrected chi connectivity index (χ3v) is 17.1. The van der Waals surface area contributed by atoms with E-state index in [1.54, 1.807) is 7.11 Å². The van der Waals surface area contributed by atoms with E-state index < -0.39 is 49.1 Å². The van der Waals surface area contributed by atoms with Crippen LogP contribution in [0.3, 0.4) is 0 Å². The van der Waals surface area contributed by atoms with Crippen LogP contribution in [0.15, 0.2) is 54.6 Å². The lowest BCUT2D eigenvalue weighted by molar-refractivity contribution is -0.323. The highest BCUT2D eigenvalue weighted by Gasteiger charge is 2.50. The molecule has 2 aromatic carbocycles. The van der Waals surface area contributed by atoms with Gasteiger partial charge in [-0.1, -0.05) is 103 Å². The topological polar surface area (TPSA) is 64.6 Å². The van der Waals surface area contributed by atoms with Crippen LogP contribution in [0.25, 0.3) is 0 Å². The molecule has 0 aliphatic carbocycles. The molecule has 0 aromatic heterocycles. The lowest BCUT2D eigenvalue weighted by Gasteiger charge is -2.47. The highest BCUT2D eigenvalue weighted by atomic mass is 28.4. The van der Waals surface area contributed by atoms with Crippen LogP contribution >= 0.6 is 0 Å². The van der Waals surface area contributed by atoms with Gasteiger partial charge < -0.3 is 32.8 Å². The Bertz CT molecular complexity index is 1170. The van der Waals surface area contributed by atoms with Crippen LogP contribution in [0.5, 0.6) is 5.75 Å². The molecule has 0 amide bonds. The predicted octanol–water partition coefficient (Wildman–Crippen LogP) is 8.99. The van der Waals surface area contributed by atoms with Crippen LogP contribution in [0.2, 0.25) is 69.5 Å². The zero-order valence-corrected chi connectivity index (χ0v) is 34.4. The second-order valence-electron chi connectivity index (χ2n) is 16.8. The van der Waals surface area contributed by atoms with E-state index in [9.17, 15) is 0 Å². The largest absolute Gasteiger partial charge is 0.497 e. The number of hydrogen-bond acceptors (Lipinski definition) is 7. The molecule has 10 heteroatoms. The molecule has 266 valence electrons. The molecule has 47 heavy (non-hydrogen) atoms. The van der Waals surface area contributed by atoms with Gasteiger partial charge >= 0.3 is 0 Å². The number of hydrogen-bond donors (Lipinski definition) is 0. The fourth-order valence-electron chi connectivity index (χ4n) is 4.88. The monoisotopic (exact) mass is 704 g/mol. The van der Waals surface area contributed by atoms with Gasteiger partial charge in [-0.3, -0.25) is 0 Å². The van der Waals surface area contributed by atoms with Crippen LogP contribution in [-0.2, 0) is 41.3 Å². The molecule has 0 bridgehead atoms. The molecule has 2 aromatic rings. The third-order valence-electron chi connectivity index (χ3n) is 9.19. The number of ether oxygens (including phenoxy) is 6. The van der Waals surface area contributed by atoms with Crippen LogP contribution in [0.4, 0.5) is 0 Å². The molecule has 1 aliphatic heterocycles. The summed E-state index contributed by atoms with van der Waals surface area (Å²) in [5.74, 6) is 0.815. The van der Waals surface area contributed by atoms with Crippen molar-refractivity contribution in [1.82, 2.24) is 0 Å². The average molecular weight is 705 g/mol. The van der Waals surface area contributed by atoms with Crippen molar-refractivity contribution in [2.45, 2.75) is 134 Å². The molecule has 0 spiro atoms. The Labute approximate surface area is 289 Å². The summed E-state index contributed by atoms with van der Waals surface area (Å²) < 4.78 is 46.1. The Morgan fingerprint density at radius 1 is 0.638 bits per heavy atom. The molecule has 0 saturated carbocycles. The molecular formula is C37H64O7Si3. The van der Waals surface area contributed by atoms with Crippen LogP contribution < -0.4 is 4.74 Å². The van der Waals surface area contributed by atoms with Gasteiger partial charge in [-0.25, -0.2) is 0 Å². The molecule has 3 rings (SSSR count). The van der Waals surface area contributed by atoms with E-state index in [1.807, 2.05) is 42.5 Å². The lowest BCUT2D eigenvalue weighted by Crippen LogP contribution is -2.62. The van der Waals surface area contributed by atoms with E-state index in [0.717, 1.165) is 29.0 Å². The van der Waals surface area contributed by atoms with Gasteiger partial charge in [0.05, 0.1) is 26.9 Å². The summed E-state index contributed by atoms with van der Waals surface area (Å²) in [5, 5.41) is 0.0642. The molecule has 5 atom stereocenters. The fourth-order valence-corrected chi connectivity index (χ4v) is 7.36. The summed E-state index contributed by atoms with van der Waals surface area (Å²) in [6.07, 6.45) is -2.34. The van der Waals surface area contributed by atoms with Crippen molar-refractivity contribution < 1.29 is 32.8 Å². The van der Waals surface area contributed by atoms with Gasteiger partial charge in [0.1, 0.15) is 30.2 Å². The highest BCUT2D eigenvalue weighted by molar-refractivity contribution is 6.76. The Hall–Kier alpha value is -1.35. The molecule has 1 aliphatic rings. The minimum absolute atomic E-state index is 0.0642. The lowest BCUT2D eigenvalue weighted by atomic mass is 9.98. The third kappa shape index (κ3) is 13.5. The van der Waals surface area contributed by atoms with E-state index in [4.69, 9.17) is 32.8 Å². The van der Waals surface area contributed by atoms with Crippen molar-refractivity contribution in [3.8, 4) is 5.75 Å². The van der Waals surface area contributed by atoms with Gasteiger partial charge in [0.25, 0.3) is 0 Å². The Morgan fingerprint density at radius 2 is 1.17 bits per heavy atom. The molecule has 1 heterocycles. The van der Waals surface area contributed by atoms with Crippen molar-refractivity contribution in [1.29, 1.82) is 0 Å². The molecule has 7 nitrogen and oxygen atoms in total. The second kappa shape index (κ2) is 17.5. The zero-order valence-electron chi connectivity index (χ0n) is 31.4. The Balaban J connectivity index is 1.99. The van der Waals surface area contributed by atoms with Crippen molar-refractivity contribution in [3.63, 3.8) is 0 Å². The van der Waals surface area contributed by atoms with Gasteiger partial charge in [-0.2, -0.15) is 0 Å². The summed E-state index contributed by atoms with van der Waals surface area (Å²) in [4.78, 5) is 0. The first-order valence-electron chi connectivity index (χ1n) is 17.3. The maximum absolute atomic E-state index is 6.87. The molecule has 0 N–H and O–H groups in total. The van der Waals surface area contributed by atoms with Crippen molar-refractivity contribution in [2.75, 3.05) is 26.9 Å². The molecule has 0 unspecified atom stereocenters.